The van der Waals surface area contributed by atoms with E-state index in [0.29, 0.717) is 5.02 Å². The van der Waals surface area contributed by atoms with Crippen LogP contribution in [0.5, 0.6) is 0 Å². The minimum absolute atomic E-state index is 0.0320. The second-order valence-corrected chi connectivity index (χ2v) is 6.13. The number of benzene rings is 2. The number of hydrogen-bond acceptors (Lipinski definition) is 2. The number of hydrogen-bond donors (Lipinski definition) is 1. The first-order valence-corrected chi connectivity index (χ1v) is 8.03. The van der Waals surface area contributed by atoms with E-state index in [4.69, 9.17) is 16.0 Å². The molecule has 0 spiro atoms. The molecule has 0 saturated heterocycles. The first-order chi connectivity index (χ1) is 10.2. The molecule has 3 aromatic rings. The van der Waals surface area contributed by atoms with Gasteiger partial charge in [0.25, 0.3) is 0 Å². The van der Waals surface area contributed by atoms with Crippen molar-refractivity contribution in [3.8, 4) is 0 Å². The Bertz CT molecular complexity index is 735. The van der Waals surface area contributed by atoms with Crippen molar-refractivity contribution < 1.29 is 4.42 Å². The number of furan rings is 1. The minimum Gasteiger partial charge on any atom is -0.459 e. The molecule has 1 N–H and O–H groups in total. The summed E-state index contributed by atoms with van der Waals surface area (Å²) in [5.41, 5.74) is 1.97. The van der Waals surface area contributed by atoms with Gasteiger partial charge in [-0.2, -0.15) is 0 Å². The Morgan fingerprint density at radius 2 is 2.00 bits per heavy atom. The van der Waals surface area contributed by atoms with Gasteiger partial charge in [-0.25, -0.2) is 0 Å². The quantitative estimate of drug-likeness (QED) is 0.657. The fourth-order valence-electron chi connectivity index (χ4n) is 2.45. The molecule has 0 aliphatic heterocycles. The average molecular weight is 365 g/mol. The fourth-order valence-corrected chi connectivity index (χ4v) is 3.10. The van der Waals surface area contributed by atoms with Crippen LogP contribution < -0.4 is 5.32 Å². The highest BCUT2D eigenvalue weighted by Gasteiger charge is 2.20. The molecule has 0 amide bonds. The molecule has 2 nitrogen and oxygen atoms in total. The summed E-state index contributed by atoms with van der Waals surface area (Å²) >= 11 is 9.75. The van der Waals surface area contributed by atoms with E-state index in [2.05, 4.69) is 40.3 Å². The number of para-hydroxylation sites is 1. The summed E-state index contributed by atoms with van der Waals surface area (Å²) in [7, 11) is 0. The Hall–Kier alpha value is -1.29. The molecule has 1 atom stereocenters. The van der Waals surface area contributed by atoms with E-state index in [0.717, 1.165) is 33.3 Å². The Morgan fingerprint density at radius 1 is 1.19 bits per heavy atom. The van der Waals surface area contributed by atoms with Crippen LogP contribution in [0.4, 0.5) is 0 Å². The first kappa shape index (κ1) is 14.6. The van der Waals surface area contributed by atoms with Crippen molar-refractivity contribution in [1.29, 1.82) is 0 Å². The van der Waals surface area contributed by atoms with Gasteiger partial charge in [-0.3, -0.25) is 0 Å². The number of rotatable bonds is 4. The third-order valence-electron chi connectivity index (χ3n) is 3.41. The third kappa shape index (κ3) is 3.00. The molecule has 1 unspecified atom stereocenters. The largest absolute Gasteiger partial charge is 0.459 e. The van der Waals surface area contributed by atoms with Gasteiger partial charge >= 0.3 is 0 Å². The molecule has 4 heteroatoms. The highest BCUT2D eigenvalue weighted by Crippen LogP contribution is 2.33. The predicted octanol–water partition coefficient (Wildman–Crippen LogP) is 5.55. The maximum absolute atomic E-state index is 6.15. The van der Waals surface area contributed by atoms with Crippen LogP contribution in [0.25, 0.3) is 11.0 Å². The van der Waals surface area contributed by atoms with Crippen LogP contribution in [0.2, 0.25) is 5.02 Å². The molecule has 0 saturated carbocycles. The molecule has 21 heavy (non-hydrogen) atoms. The monoisotopic (exact) mass is 363 g/mol. The SMILES string of the molecule is CCNC(c1cc2ccccc2o1)c1cc(Cl)ccc1Br. The van der Waals surface area contributed by atoms with Crippen LogP contribution in [0.15, 0.2) is 57.4 Å². The summed E-state index contributed by atoms with van der Waals surface area (Å²) in [5.74, 6) is 0.890. The normalized spacial score (nSPS) is 12.7. The van der Waals surface area contributed by atoms with Crippen LogP contribution in [0, 0.1) is 0 Å². The van der Waals surface area contributed by atoms with E-state index in [1.807, 2.05) is 36.4 Å². The molecule has 0 bridgehead atoms. The Kier molecular flexibility index (Phi) is 4.34. The second-order valence-electron chi connectivity index (χ2n) is 4.84. The van der Waals surface area contributed by atoms with Gasteiger partial charge in [0.15, 0.2) is 0 Å². The highest BCUT2D eigenvalue weighted by molar-refractivity contribution is 9.10. The van der Waals surface area contributed by atoms with E-state index >= 15 is 0 Å². The zero-order chi connectivity index (χ0) is 14.8. The Balaban J connectivity index is 2.10. The average Bonchev–Trinajstić information content (AvgIpc) is 2.91. The van der Waals surface area contributed by atoms with Gasteiger partial charge in [0.2, 0.25) is 0 Å². The Morgan fingerprint density at radius 3 is 2.76 bits per heavy atom. The van der Waals surface area contributed by atoms with Crippen molar-refractivity contribution in [3.05, 3.63) is 69.3 Å². The summed E-state index contributed by atoms with van der Waals surface area (Å²) < 4.78 is 7.02. The molecule has 0 fully saturated rings. The van der Waals surface area contributed by atoms with Gasteiger partial charge < -0.3 is 9.73 Å². The minimum atomic E-state index is -0.0320. The molecule has 0 aliphatic carbocycles. The summed E-state index contributed by atoms with van der Waals surface area (Å²) in [6.45, 7) is 2.91. The van der Waals surface area contributed by atoms with E-state index in [1.54, 1.807) is 0 Å². The molecule has 2 aromatic carbocycles. The van der Waals surface area contributed by atoms with Crippen molar-refractivity contribution in [2.24, 2.45) is 0 Å². The zero-order valence-corrected chi connectivity index (χ0v) is 13.9. The molecular formula is C17H15BrClNO. The van der Waals surface area contributed by atoms with Crippen LogP contribution in [-0.4, -0.2) is 6.54 Å². The van der Waals surface area contributed by atoms with Crippen molar-refractivity contribution in [2.75, 3.05) is 6.54 Å². The van der Waals surface area contributed by atoms with Crippen molar-refractivity contribution in [1.82, 2.24) is 5.32 Å². The standard InChI is InChI=1S/C17H15BrClNO/c1-2-20-17(13-10-12(19)7-8-14(13)18)16-9-11-5-3-4-6-15(11)21-16/h3-10,17,20H,2H2,1H3. The van der Waals surface area contributed by atoms with E-state index in [-0.39, 0.29) is 6.04 Å². The lowest BCUT2D eigenvalue weighted by molar-refractivity contribution is 0.476. The first-order valence-electron chi connectivity index (χ1n) is 6.86. The lowest BCUT2D eigenvalue weighted by Gasteiger charge is -2.17. The lowest BCUT2D eigenvalue weighted by atomic mass is 10.0. The fraction of sp³-hybridized carbons (Fsp3) is 0.176. The van der Waals surface area contributed by atoms with Crippen LogP contribution in [-0.2, 0) is 0 Å². The van der Waals surface area contributed by atoms with Gasteiger partial charge in [0, 0.05) is 14.9 Å². The molecule has 3 rings (SSSR count). The smallest absolute Gasteiger partial charge is 0.134 e. The van der Waals surface area contributed by atoms with Gasteiger partial charge in [-0.05, 0) is 42.4 Å². The zero-order valence-electron chi connectivity index (χ0n) is 11.6. The number of fused-ring (bicyclic) bond motifs is 1. The predicted molar refractivity (Wildman–Crippen MR) is 90.9 cm³/mol. The van der Waals surface area contributed by atoms with Crippen molar-refractivity contribution in [2.45, 2.75) is 13.0 Å². The van der Waals surface area contributed by atoms with Gasteiger partial charge in [-0.15, -0.1) is 0 Å². The summed E-state index contributed by atoms with van der Waals surface area (Å²) in [4.78, 5) is 0. The molecular weight excluding hydrogens is 350 g/mol. The maximum Gasteiger partial charge on any atom is 0.134 e. The van der Waals surface area contributed by atoms with Crippen LogP contribution in [0.1, 0.15) is 24.3 Å². The maximum atomic E-state index is 6.15. The van der Waals surface area contributed by atoms with Crippen molar-refractivity contribution >= 4 is 38.5 Å². The lowest BCUT2D eigenvalue weighted by Crippen LogP contribution is -2.21. The molecule has 0 radical (unpaired) electrons. The molecule has 1 heterocycles. The van der Waals surface area contributed by atoms with Gasteiger partial charge in [0.1, 0.15) is 11.3 Å². The van der Waals surface area contributed by atoms with Crippen LogP contribution in [0.3, 0.4) is 0 Å². The van der Waals surface area contributed by atoms with Crippen molar-refractivity contribution in [3.63, 3.8) is 0 Å². The van der Waals surface area contributed by atoms with E-state index in [9.17, 15) is 0 Å². The topological polar surface area (TPSA) is 25.2 Å². The number of halogens is 2. The van der Waals surface area contributed by atoms with Gasteiger partial charge in [0.05, 0.1) is 6.04 Å². The molecule has 1 aromatic heterocycles. The van der Waals surface area contributed by atoms with E-state index < -0.39 is 0 Å². The van der Waals surface area contributed by atoms with Gasteiger partial charge in [-0.1, -0.05) is 52.7 Å². The van der Waals surface area contributed by atoms with Crippen LogP contribution >= 0.6 is 27.5 Å². The summed E-state index contributed by atoms with van der Waals surface area (Å²) in [6.07, 6.45) is 0. The Labute approximate surface area is 137 Å². The molecule has 0 aliphatic rings. The molecule has 108 valence electrons. The third-order valence-corrected chi connectivity index (χ3v) is 4.36. The summed E-state index contributed by atoms with van der Waals surface area (Å²) in [6, 6.07) is 15.9. The highest BCUT2D eigenvalue weighted by atomic mass is 79.9. The van der Waals surface area contributed by atoms with E-state index in [1.165, 1.54) is 0 Å². The second kappa shape index (κ2) is 6.22. The number of nitrogens with one attached hydrogen (secondary N) is 1. The summed E-state index contributed by atoms with van der Waals surface area (Å²) in [5, 5.41) is 5.28.